The zero-order valence-corrected chi connectivity index (χ0v) is 63.7. The van der Waals surface area contributed by atoms with Gasteiger partial charge >= 0.3 is 11.9 Å². The number of esters is 1. The number of fused-ring (bicyclic) bond motifs is 7. The van der Waals surface area contributed by atoms with Crippen molar-refractivity contribution in [3.05, 3.63) is 140 Å². The first-order chi connectivity index (χ1) is 44.3. The molecule has 0 spiro atoms. The van der Waals surface area contributed by atoms with Gasteiger partial charge in [-0.25, -0.2) is 9.59 Å². The first-order valence-electron chi connectivity index (χ1n) is 37.1. The molecule has 0 bridgehead atoms. The lowest BCUT2D eigenvalue weighted by atomic mass is 9.33. The van der Waals surface area contributed by atoms with Crippen LogP contribution in [0.15, 0.2) is 140 Å². The van der Waals surface area contributed by atoms with Crippen LogP contribution >= 0.6 is 11.8 Å². The maximum Gasteiger partial charge on any atom is 0.331 e. The summed E-state index contributed by atoms with van der Waals surface area (Å²) >= 11 is 1.88. The normalized spacial score (nSPS) is 28.9. The molecule has 524 valence electrons. The fourth-order valence-corrected chi connectivity index (χ4v) is 18.3. The van der Waals surface area contributed by atoms with E-state index >= 15 is 4.79 Å². The highest BCUT2D eigenvalue weighted by Crippen LogP contribution is 2.75. The van der Waals surface area contributed by atoms with E-state index in [1.807, 2.05) is 11.8 Å². The lowest BCUT2D eigenvalue weighted by Crippen LogP contribution is -2.66. The second kappa shape index (κ2) is 37.3. The van der Waals surface area contributed by atoms with Crippen LogP contribution in [0.1, 0.15) is 298 Å². The number of carboxylic acid groups (broad SMARTS) is 1. The fraction of sp³-hybridized carbons (Fsp3) is 0.674. The monoisotopic (exact) mass is 1310 g/mol. The van der Waals surface area contributed by atoms with Crippen molar-refractivity contribution in [3.8, 4) is 0 Å². The van der Waals surface area contributed by atoms with Crippen LogP contribution in [-0.4, -0.2) is 52.9 Å². The van der Waals surface area contributed by atoms with Crippen LogP contribution < -0.4 is 5.32 Å². The quantitative estimate of drug-likeness (QED) is 0.0278. The van der Waals surface area contributed by atoms with Crippen LogP contribution in [0, 0.1) is 50.2 Å². The molecule has 2 N–H and O–H groups in total. The van der Waals surface area contributed by atoms with Crippen LogP contribution in [0.3, 0.4) is 0 Å². The predicted molar refractivity (Wildman–Crippen MR) is 403 cm³/mol. The van der Waals surface area contributed by atoms with Crippen molar-refractivity contribution in [2.24, 2.45) is 50.2 Å². The first-order valence-corrected chi connectivity index (χ1v) is 38.2. The fourth-order valence-electron chi connectivity index (χ4n) is 17.5. The molecular weight excluding hydrogens is 1180 g/mol. The number of carbonyl (C=O) groups is 4. The average Bonchev–Trinajstić information content (AvgIpc) is 0.675. The highest BCUT2D eigenvalue weighted by atomic mass is 32.2. The van der Waals surface area contributed by atoms with Gasteiger partial charge in [-0.3, -0.25) is 9.59 Å². The molecule has 7 nitrogen and oxygen atoms in total. The van der Waals surface area contributed by atoms with Crippen LogP contribution in [0.2, 0.25) is 0 Å². The Hall–Kier alpha value is -4.69. The van der Waals surface area contributed by atoms with Crippen LogP contribution in [-0.2, 0) is 23.9 Å². The van der Waals surface area contributed by atoms with Crippen LogP contribution in [0.5, 0.6) is 0 Å². The molecule has 0 aromatic heterocycles. The van der Waals surface area contributed by atoms with Gasteiger partial charge in [0.1, 0.15) is 6.10 Å². The van der Waals surface area contributed by atoms with Crippen molar-refractivity contribution in [1.29, 1.82) is 0 Å². The van der Waals surface area contributed by atoms with Crippen molar-refractivity contribution in [3.63, 3.8) is 0 Å². The minimum absolute atomic E-state index is 0.0497. The molecule has 0 heterocycles. The lowest BCUT2D eigenvalue weighted by Gasteiger charge is -2.70. The number of allylic oxidation sites excluding steroid dienone is 21. The molecule has 0 aliphatic heterocycles. The van der Waals surface area contributed by atoms with Gasteiger partial charge in [0.25, 0.3) is 0 Å². The van der Waals surface area contributed by atoms with E-state index in [1.54, 1.807) is 0 Å². The summed E-state index contributed by atoms with van der Waals surface area (Å²) in [7, 11) is 0. The van der Waals surface area contributed by atoms with Gasteiger partial charge in [0.05, 0.1) is 0 Å². The Morgan fingerprint density at radius 3 is 1.37 bits per heavy atom. The molecule has 5 rings (SSSR count). The third kappa shape index (κ3) is 23.2. The molecule has 1 unspecified atom stereocenters. The third-order valence-electron chi connectivity index (χ3n) is 24.1. The second-order valence-corrected chi connectivity index (χ2v) is 33.8. The number of ether oxygens (including phenoxy) is 1. The Bertz CT molecular complexity index is 2980. The second-order valence-electron chi connectivity index (χ2n) is 32.6. The molecule has 4 saturated carbocycles. The number of carbonyl (C=O) groups excluding carboxylic acids is 3. The van der Waals surface area contributed by atoms with E-state index in [1.165, 1.54) is 74.1 Å². The van der Waals surface area contributed by atoms with Gasteiger partial charge in [0.15, 0.2) is 5.78 Å². The number of thioether (sulfide) groups is 1. The summed E-state index contributed by atoms with van der Waals surface area (Å²) in [6.45, 7) is 41.8. The Morgan fingerprint density at radius 2 is 0.947 bits per heavy atom. The molecule has 5 aliphatic rings. The number of aliphatic carboxylic acids is 1. The minimum atomic E-state index is -1.18. The van der Waals surface area contributed by atoms with E-state index in [0.29, 0.717) is 13.0 Å². The lowest BCUT2D eigenvalue weighted by molar-refractivity contribution is -0.209. The zero-order chi connectivity index (χ0) is 69.5. The molecule has 0 aromatic carbocycles. The highest BCUT2D eigenvalue weighted by Gasteiger charge is 2.70. The molecule has 0 saturated heterocycles. The van der Waals surface area contributed by atoms with Crippen molar-refractivity contribution >= 4 is 35.4 Å². The molecular formula is C86H133NO6S. The average molecular weight is 1310 g/mol. The summed E-state index contributed by atoms with van der Waals surface area (Å²) in [5.41, 5.74) is 14.7. The Kier molecular flexibility index (Phi) is 31.8. The Balaban J connectivity index is 0.939. The van der Waals surface area contributed by atoms with E-state index in [0.717, 1.165) is 178 Å². The molecule has 0 aromatic rings. The number of nitrogens with one attached hydrogen (secondary N) is 1. The van der Waals surface area contributed by atoms with Crippen molar-refractivity contribution in [2.75, 3.05) is 18.1 Å². The topological polar surface area (TPSA) is 110 Å². The largest absolute Gasteiger partial charge is 0.478 e. The molecule has 1 amide bonds. The molecule has 5 aliphatic carbocycles. The van der Waals surface area contributed by atoms with Crippen molar-refractivity contribution in [2.45, 2.75) is 304 Å². The van der Waals surface area contributed by atoms with E-state index in [4.69, 9.17) is 9.84 Å². The van der Waals surface area contributed by atoms with Gasteiger partial charge in [-0.15, -0.1) is 0 Å². The summed E-state index contributed by atoms with van der Waals surface area (Å²) < 4.78 is 5.95. The molecule has 94 heavy (non-hydrogen) atoms. The van der Waals surface area contributed by atoms with Crippen molar-refractivity contribution < 1.29 is 29.0 Å². The van der Waals surface area contributed by atoms with Gasteiger partial charge in [0.2, 0.25) is 5.91 Å². The summed E-state index contributed by atoms with van der Waals surface area (Å²) in [5, 5.41) is 12.5. The number of carboxylic acids is 1. The Morgan fingerprint density at radius 1 is 0.532 bits per heavy atom. The number of amides is 1. The predicted octanol–water partition coefficient (Wildman–Crippen LogP) is 23.9. The SMILES string of the molecule is CC(C)=CCCC(C)=CCCC(C)=CCCC(C)=CCCC(C)=CCCC(C)=CCCC(C)=CCCC(C)=CCCC(C)=CCCC(C)=CCSCCNC(=O)C1(C)CC[C@]2(C)CC[C@]3(C)C(=CC(=O)[C@@H]4[C@@]5(C)CC[C@H](OC(=O)/C=C\C(=O)O)C(C)(C)[C@H]5CC[C@]43C)[C@@H]2C1. The maximum absolute atomic E-state index is 15.0. The molecule has 0 radical (unpaired) electrons. The molecule has 9 atom stereocenters. The number of rotatable bonds is 36. The van der Waals surface area contributed by atoms with E-state index < -0.39 is 22.8 Å². The van der Waals surface area contributed by atoms with Gasteiger partial charge in [-0.2, -0.15) is 11.8 Å². The summed E-state index contributed by atoms with van der Waals surface area (Å²) in [4.78, 5) is 53.1. The number of ketones is 1. The Labute approximate surface area is 579 Å². The van der Waals surface area contributed by atoms with Crippen molar-refractivity contribution in [1.82, 2.24) is 5.32 Å². The summed E-state index contributed by atoms with van der Waals surface area (Å²) in [6.07, 6.45) is 56.3. The van der Waals surface area contributed by atoms with E-state index in [9.17, 15) is 14.4 Å². The van der Waals surface area contributed by atoms with Gasteiger partial charge in [-0.05, 0) is 289 Å². The van der Waals surface area contributed by atoms with Gasteiger partial charge in [-0.1, -0.05) is 171 Å². The number of hydrogen-bond donors (Lipinski definition) is 2. The van der Waals surface area contributed by atoms with E-state index in [2.05, 4.69) is 197 Å². The van der Waals surface area contributed by atoms with E-state index in [-0.39, 0.29) is 57.2 Å². The molecule has 4 fully saturated rings. The maximum atomic E-state index is 15.0. The van der Waals surface area contributed by atoms with Gasteiger partial charge < -0.3 is 15.2 Å². The summed E-state index contributed by atoms with van der Waals surface area (Å²) in [6, 6.07) is 0. The molecule has 8 heteroatoms. The smallest absolute Gasteiger partial charge is 0.331 e. The van der Waals surface area contributed by atoms with Crippen LogP contribution in [0.4, 0.5) is 0 Å². The summed E-state index contributed by atoms with van der Waals surface area (Å²) in [5.74, 6) is 0.576. The number of hydrogen-bond acceptors (Lipinski definition) is 6. The first kappa shape index (κ1) is 80.0. The van der Waals surface area contributed by atoms with Gasteiger partial charge in [0, 0.05) is 47.0 Å². The highest BCUT2D eigenvalue weighted by molar-refractivity contribution is 7.99. The van der Waals surface area contributed by atoms with Crippen LogP contribution in [0.25, 0.3) is 0 Å². The zero-order valence-electron chi connectivity index (χ0n) is 62.9. The minimum Gasteiger partial charge on any atom is -0.478 e. The standard InChI is InChI=1S/C86H133NO6S/c1-62(2)28-19-29-63(3)30-20-31-64(4)32-21-33-65(5)34-22-35-66(6)36-23-37-67(7)38-24-39-68(8)40-25-41-69(9)42-26-43-70(10)44-27-45-71(11)50-58-94-59-57-87-80(92)83(15)54-53-82(14)55-56-85(17)72(73(82)61-83)60-74(88)79-84(16)51-49-76(93-78(91)47-46-77(89)90)81(12,13)75(84)48-52-86(79,85)18/h28,30,32,34,36,38,40,42,44,46-47,50,60,73,75-76,79H,19-27,29,31,33,35,37,39,41,43,45,48-49,51-59,61H2,1-18H3,(H,87,92)(H,89,90)/b47-46-,63-30?,64-32?,65-34?,66-36?,67-38?,68-40?,69-42?,70-44?,71-50?/t73-,75+,76-,79+,82+,83?,84-,85+,86+/m0/s1. The third-order valence-corrected chi connectivity index (χ3v) is 25.0.